The number of piperidine rings is 1. The highest BCUT2D eigenvalue weighted by molar-refractivity contribution is 5.93. The molecule has 2 aromatic rings. The molecule has 0 radical (unpaired) electrons. The summed E-state index contributed by atoms with van der Waals surface area (Å²) in [6, 6.07) is 9.04. The minimum Gasteiger partial charge on any atom is -0.371 e. The van der Waals surface area contributed by atoms with Gasteiger partial charge in [0.25, 0.3) is 5.91 Å². The highest BCUT2D eigenvalue weighted by Crippen LogP contribution is 2.26. The third kappa shape index (κ3) is 4.00. The molecule has 6 nitrogen and oxygen atoms in total. The molecule has 1 aliphatic rings. The molecule has 2 N–H and O–H groups in total. The van der Waals surface area contributed by atoms with Gasteiger partial charge in [-0.2, -0.15) is 15.4 Å². The van der Waals surface area contributed by atoms with Crippen LogP contribution >= 0.6 is 0 Å². The molecule has 0 unspecified atom stereocenters. The van der Waals surface area contributed by atoms with E-state index in [0.717, 1.165) is 25.9 Å². The zero-order valence-corrected chi connectivity index (χ0v) is 15.5. The van der Waals surface area contributed by atoms with Gasteiger partial charge in [0.15, 0.2) is 5.69 Å². The van der Waals surface area contributed by atoms with Gasteiger partial charge in [-0.25, -0.2) is 0 Å². The Kier molecular flexibility index (Phi) is 4.79. The molecule has 1 aromatic carbocycles. The van der Waals surface area contributed by atoms with E-state index in [1.807, 2.05) is 0 Å². The summed E-state index contributed by atoms with van der Waals surface area (Å²) in [5.74, 6) is -0.140. The van der Waals surface area contributed by atoms with E-state index in [1.54, 1.807) is 6.92 Å². The summed E-state index contributed by atoms with van der Waals surface area (Å²) < 4.78 is 0. The molecule has 1 aliphatic heterocycles. The zero-order chi connectivity index (χ0) is 18.0. The number of aromatic amines is 1. The molecule has 3 rings (SSSR count). The molecule has 134 valence electrons. The van der Waals surface area contributed by atoms with Crippen molar-refractivity contribution in [1.82, 2.24) is 20.7 Å². The number of aryl methyl sites for hydroxylation is 1. The summed E-state index contributed by atoms with van der Waals surface area (Å²) in [7, 11) is 0. The molecule has 0 bridgehead atoms. The van der Waals surface area contributed by atoms with E-state index in [9.17, 15) is 4.79 Å². The molecular weight excluding hydrogens is 314 g/mol. The number of benzene rings is 1. The lowest BCUT2D eigenvalue weighted by Gasteiger charge is -2.34. The van der Waals surface area contributed by atoms with Crippen molar-refractivity contribution >= 4 is 11.6 Å². The van der Waals surface area contributed by atoms with Crippen LogP contribution in [0.15, 0.2) is 24.3 Å². The molecule has 0 aliphatic carbocycles. The Morgan fingerprint density at radius 3 is 2.32 bits per heavy atom. The van der Waals surface area contributed by atoms with Crippen LogP contribution in [-0.2, 0) is 5.41 Å². The third-order valence-electron chi connectivity index (χ3n) is 4.87. The third-order valence-corrected chi connectivity index (χ3v) is 4.87. The van der Waals surface area contributed by atoms with Gasteiger partial charge in [-0.15, -0.1) is 0 Å². The van der Waals surface area contributed by atoms with Gasteiger partial charge in [0.1, 0.15) is 0 Å². The monoisotopic (exact) mass is 341 g/mol. The van der Waals surface area contributed by atoms with Crippen LogP contribution in [0.1, 0.15) is 55.4 Å². The summed E-state index contributed by atoms with van der Waals surface area (Å²) in [5, 5.41) is 13.4. The molecule has 0 atom stereocenters. The molecular formula is C19H27N5O. The van der Waals surface area contributed by atoms with Crippen LogP contribution in [0.25, 0.3) is 0 Å². The van der Waals surface area contributed by atoms with E-state index < -0.39 is 0 Å². The van der Waals surface area contributed by atoms with Gasteiger partial charge in [-0.05, 0) is 42.9 Å². The quantitative estimate of drug-likeness (QED) is 0.900. The topological polar surface area (TPSA) is 73.9 Å². The molecule has 0 saturated carbocycles. The zero-order valence-electron chi connectivity index (χ0n) is 15.5. The minimum absolute atomic E-state index is 0.140. The van der Waals surface area contributed by atoms with E-state index in [0.29, 0.717) is 11.4 Å². The van der Waals surface area contributed by atoms with E-state index in [4.69, 9.17) is 0 Å². The summed E-state index contributed by atoms with van der Waals surface area (Å²) in [4.78, 5) is 14.6. The van der Waals surface area contributed by atoms with E-state index in [1.165, 1.54) is 11.3 Å². The van der Waals surface area contributed by atoms with Gasteiger partial charge in [0, 0.05) is 24.8 Å². The van der Waals surface area contributed by atoms with Gasteiger partial charge < -0.3 is 10.2 Å². The van der Waals surface area contributed by atoms with Crippen LogP contribution in [0.2, 0.25) is 0 Å². The molecule has 1 fully saturated rings. The number of nitrogens with zero attached hydrogens (tertiary/aromatic N) is 3. The van der Waals surface area contributed by atoms with Crippen LogP contribution in [0.5, 0.6) is 0 Å². The van der Waals surface area contributed by atoms with Crippen LogP contribution in [-0.4, -0.2) is 40.4 Å². The number of hydrogen-bond acceptors (Lipinski definition) is 4. The number of carbonyl (C=O) groups excluding carboxylic acids is 1. The maximum absolute atomic E-state index is 12.2. The Bertz CT molecular complexity index is 721. The summed E-state index contributed by atoms with van der Waals surface area (Å²) >= 11 is 0. The number of amides is 1. The maximum atomic E-state index is 12.2. The maximum Gasteiger partial charge on any atom is 0.273 e. The van der Waals surface area contributed by atoms with Crippen molar-refractivity contribution in [3.05, 3.63) is 41.2 Å². The molecule has 6 heteroatoms. The fraction of sp³-hybridized carbons (Fsp3) is 0.526. The highest BCUT2D eigenvalue weighted by atomic mass is 16.2. The average Bonchev–Trinajstić information content (AvgIpc) is 3.01. The number of aromatic nitrogens is 3. The number of rotatable bonds is 3. The lowest BCUT2D eigenvalue weighted by molar-refractivity contribution is 0.0925. The van der Waals surface area contributed by atoms with Crippen molar-refractivity contribution in [1.29, 1.82) is 0 Å². The second-order valence-electron chi connectivity index (χ2n) is 7.79. The van der Waals surface area contributed by atoms with Crippen molar-refractivity contribution in [3.63, 3.8) is 0 Å². The first-order chi connectivity index (χ1) is 11.8. The van der Waals surface area contributed by atoms with E-state index >= 15 is 0 Å². The summed E-state index contributed by atoms with van der Waals surface area (Å²) in [6.07, 6.45) is 1.87. The van der Waals surface area contributed by atoms with Gasteiger partial charge in [-0.1, -0.05) is 32.9 Å². The number of hydrogen-bond donors (Lipinski definition) is 2. The van der Waals surface area contributed by atoms with Crippen molar-refractivity contribution < 1.29 is 4.79 Å². The highest BCUT2D eigenvalue weighted by Gasteiger charge is 2.23. The molecule has 2 heterocycles. The van der Waals surface area contributed by atoms with Crippen LogP contribution in [0, 0.1) is 6.92 Å². The number of nitrogens with one attached hydrogen (secondary N) is 2. The molecule has 1 saturated heterocycles. The fourth-order valence-corrected chi connectivity index (χ4v) is 3.21. The first kappa shape index (κ1) is 17.5. The predicted octanol–water partition coefficient (Wildman–Crippen LogP) is 2.81. The van der Waals surface area contributed by atoms with Gasteiger partial charge in [0.2, 0.25) is 0 Å². The molecule has 25 heavy (non-hydrogen) atoms. The molecule has 1 amide bonds. The van der Waals surface area contributed by atoms with Gasteiger partial charge in [0.05, 0.1) is 5.69 Å². The second-order valence-corrected chi connectivity index (χ2v) is 7.79. The van der Waals surface area contributed by atoms with Crippen molar-refractivity contribution in [3.8, 4) is 0 Å². The van der Waals surface area contributed by atoms with E-state index in [-0.39, 0.29) is 17.4 Å². The Labute approximate surface area is 149 Å². The molecule has 0 spiro atoms. The van der Waals surface area contributed by atoms with Crippen molar-refractivity contribution in [2.75, 3.05) is 18.0 Å². The first-order valence-corrected chi connectivity index (χ1v) is 8.88. The Morgan fingerprint density at radius 2 is 1.80 bits per heavy atom. The van der Waals surface area contributed by atoms with Gasteiger partial charge in [-0.3, -0.25) is 4.79 Å². The standard InChI is InChI=1S/C19H27N5O/c1-13-17(22-23-21-13)18(25)20-15-9-11-24(12-10-15)16-7-5-14(6-8-16)19(2,3)4/h5-8,15H,9-12H2,1-4H3,(H,20,25)(H,21,22,23). The molecule has 1 aromatic heterocycles. The normalized spacial score (nSPS) is 16.1. The Morgan fingerprint density at radius 1 is 1.16 bits per heavy atom. The lowest BCUT2D eigenvalue weighted by Crippen LogP contribution is -2.45. The first-order valence-electron chi connectivity index (χ1n) is 8.88. The van der Waals surface area contributed by atoms with Crippen molar-refractivity contribution in [2.24, 2.45) is 0 Å². The average molecular weight is 341 g/mol. The predicted molar refractivity (Wildman–Crippen MR) is 99.0 cm³/mol. The minimum atomic E-state index is -0.140. The number of H-pyrrole nitrogens is 1. The van der Waals surface area contributed by atoms with Crippen LogP contribution < -0.4 is 10.2 Å². The summed E-state index contributed by atoms with van der Waals surface area (Å²) in [5.41, 5.74) is 3.80. The van der Waals surface area contributed by atoms with Crippen molar-refractivity contribution in [2.45, 2.75) is 52.0 Å². The fourth-order valence-electron chi connectivity index (χ4n) is 3.21. The largest absolute Gasteiger partial charge is 0.371 e. The SMILES string of the molecule is Cc1n[nH]nc1C(=O)NC1CCN(c2ccc(C(C)(C)C)cc2)CC1. The second kappa shape index (κ2) is 6.86. The smallest absolute Gasteiger partial charge is 0.273 e. The van der Waals surface area contributed by atoms with Gasteiger partial charge >= 0.3 is 0 Å². The number of anilines is 1. The van der Waals surface area contributed by atoms with Crippen LogP contribution in [0.4, 0.5) is 5.69 Å². The van der Waals surface area contributed by atoms with Crippen LogP contribution in [0.3, 0.4) is 0 Å². The summed E-state index contributed by atoms with van der Waals surface area (Å²) in [6.45, 7) is 10.4. The number of carbonyl (C=O) groups is 1. The Balaban J connectivity index is 1.55. The Hall–Kier alpha value is -2.37. The van der Waals surface area contributed by atoms with E-state index in [2.05, 4.69) is 70.7 Å². The lowest BCUT2D eigenvalue weighted by atomic mass is 9.87.